The van der Waals surface area contributed by atoms with Gasteiger partial charge in [-0.1, -0.05) is 162 Å². The van der Waals surface area contributed by atoms with E-state index in [-0.39, 0.29) is 5.57 Å². The zero-order valence-corrected chi connectivity index (χ0v) is 23.2. The summed E-state index contributed by atoms with van der Waals surface area (Å²) in [6, 6.07) is 0. The maximum absolute atomic E-state index is 12.1. The van der Waals surface area contributed by atoms with Crippen LogP contribution in [-0.4, -0.2) is 23.8 Å². The summed E-state index contributed by atoms with van der Waals surface area (Å²) in [4.78, 5) is 12.1. The van der Waals surface area contributed by atoms with Crippen LogP contribution in [0.5, 0.6) is 0 Å². The van der Waals surface area contributed by atoms with Crippen molar-refractivity contribution in [2.75, 3.05) is 6.61 Å². The van der Waals surface area contributed by atoms with E-state index in [0.29, 0.717) is 13.0 Å². The van der Waals surface area contributed by atoms with E-state index in [1.54, 1.807) is 0 Å². The van der Waals surface area contributed by atoms with Crippen molar-refractivity contribution in [3.05, 3.63) is 12.2 Å². The number of hydrogen-bond donors (Lipinski definition) is 1. The van der Waals surface area contributed by atoms with Gasteiger partial charge in [0.25, 0.3) is 0 Å². The summed E-state index contributed by atoms with van der Waals surface area (Å²) in [6.07, 6.45) is 29.4. The average molecular weight is 481 g/mol. The molecule has 0 amide bonds. The molecule has 0 spiro atoms. The number of unbranched alkanes of at least 4 members (excludes halogenated alkanes) is 21. The molecule has 0 aliphatic rings. The number of aliphatic hydroxyl groups is 1. The number of esters is 1. The van der Waals surface area contributed by atoms with Gasteiger partial charge in [-0.25, -0.2) is 4.79 Å². The van der Waals surface area contributed by atoms with Gasteiger partial charge in [-0.15, -0.1) is 0 Å². The van der Waals surface area contributed by atoms with Gasteiger partial charge in [0, 0.05) is 0 Å². The molecule has 0 heterocycles. The third kappa shape index (κ3) is 22.9. The molecule has 3 heteroatoms. The van der Waals surface area contributed by atoms with Gasteiger partial charge in [0.15, 0.2) is 0 Å². The van der Waals surface area contributed by atoms with Crippen LogP contribution in [0.15, 0.2) is 12.2 Å². The smallest absolute Gasteiger partial charge is 0.336 e. The van der Waals surface area contributed by atoms with E-state index in [1.807, 2.05) is 0 Å². The predicted molar refractivity (Wildman–Crippen MR) is 148 cm³/mol. The Kier molecular flexibility index (Phi) is 26.1. The number of aliphatic hydroxyl groups excluding tert-OH is 1. The molecular formula is C31H60O3. The van der Waals surface area contributed by atoms with E-state index < -0.39 is 12.1 Å². The largest absolute Gasteiger partial charge is 0.462 e. The number of carbonyl (C=O) groups is 1. The normalized spacial score (nSPS) is 12.1. The quantitative estimate of drug-likeness (QED) is 0.0722. The summed E-state index contributed by atoms with van der Waals surface area (Å²) < 4.78 is 5.33. The molecule has 0 aliphatic carbocycles. The van der Waals surface area contributed by atoms with Gasteiger partial charge < -0.3 is 9.84 Å². The van der Waals surface area contributed by atoms with Crippen LogP contribution in [0.25, 0.3) is 0 Å². The molecule has 0 aliphatic heterocycles. The third-order valence-corrected chi connectivity index (χ3v) is 6.98. The van der Waals surface area contributed by atoms with Gasteiger partial charge in [0.1, 0.15) is 0 Å². The molecule has 1 unspecified atom stereocenters. The second-order valence-corrected chi connectivity index (χ2v) is 10.4. The maximum atomic E-state index is 12.1. The van der Waals surface area contributed by atoms with Gasteiger partial charge in [-0.2, -0.15) is 0 Å². The summed E-state index contributed by atoms with van der Waals surface area (Å²) in [6.45, 7) is 8.75. The van der Waals surface area contributed by atoms with Crippen molar-refractivity contribution in [1.82, 2.24) is 0 Å². The summed E-state index contributed by atoms with van der Waals surface area (Å²) in [5.74, 6) is -0.418. The molecular weight excluding hydrogens is 420 g/mol. The van der Waals surface area contributed by atoms with E-state index in [9.17, 15) is 9.90 Å². The molecule has 0 aromatic rings. The summed E-state index contributed by atoms with van der Waals surface area (Å²) in [7, 11) is 0. The predicted octanol–water partition coefficient (Wildman–Crippen LogP) is 9.85. The van der Waals surface area contributed by atoms with Crippen LogP contribution in [0.4, 0.5) is 0 Å². The van der Waals surface area contributed by atoms with Crippen LogP contribution >= 0.6 is 0 Å². The number of hydrogen-bond acceptors (Lipinski definition) is 3. The van der Waals surface area contributed by atoms with Crippen LogP contribution < -0.4 is 0 Å². The SMILES string of the molecule is C=C(C(=O)OCCCCCCCCCCCCCC)C(O)CCCCCCCCCCCCC. The molecule has 0 radical (unpaired) electrons. The minimum absolute atomic E-state index is 0.228. The van der Waals surface area contributed by atoms with Crippen LogP contribution in [0.1, 0.15) is 168 Å². The first-order chi connectivity index (χ1) is 16.6. The average Bonchev–Trinajstić information content (AvgIpc) is 2.84. The van der Waals surface area contributed by atoms with E-state index in [1.165, 1.54) is 122 Å². The van der Waals surface area contributed by atoms with E-state index >= 15 is 0 Å². The molecule has 0 fully saturated rings. The van der Waals surface area contributed by atoms with E-state index in [4.69, 9.17) is 4.74 Å². The molecule has 1 N–H and O–H groups in total. The fourth-order valence-electron chi connectivity index (χ4n) is 4.51. The van der Waals surface area contributed by atoms with E-state index in [0.717, 1.165) is 25.7 Å². The first-order valence-corrected chi connectivity index (χ1v) is 15.2. The molecule has 0 rings (SSSR count). The minimum atomic E-state index is -0.756. The Labute approximate surface area is 213 Å². The molecule has 34 heavy (non-hydrogen) atoms. The third-order valence-electron chi connectivity index (χ3n) is 6.98. The summed E-state index contributed by atoms with van der Waals surface area (Å²) >= 11 is 0. The van der Waals surface area contributed by atoms with Crippen molar-refractivity contribution in [2.24, 2.45) is 0 Å². The molecule has 0 bridgehead atoms. The van der Waals surface area contributed by atoms with Crippen LogP contribution in [0, 0.1) is 0 Å². The molecule has 202 valence electrons. The second kappa shape index (κ2) is 26.8. The van der Waals surface area contributed by atoms with Crippen molar-refractivity contribution in [3.63, 3.8) is 0 Å². The van der Waals surface area contributed by atoms with Crippen LogP contribution in [0.2, 0.25) is 0 Å². The lowest BCUT2D eigenvalue weighted by Gasteiger charge is -2.13. The monoisotopic (exact) mass is 480 g/mol. The highest BCUT2D eigenvalue weighted by molar-refractivity contribution is 5.88. The van der Waals surface area contributed by atoms with Crippen molar-refractivity contribution < 1.29 is 14.6 Å². The Morgan fingerprint density at radius 2 is 0.912 bits per heavy atom. The Morgan fingerprint density at radius 3 is 1.29 bits per heavy atom. The van der Waals surface area contributed by atoms with Gasteiger partial charge in [0.2, 0.25) is 0 Å². The highest BCUT2D eigenvalue weighted by Crippen LogP contribution is 2.16. The first kappa shape index (κ1) is 33.2. The number of rotatable bonds is 27. The standard InChI is InChI=1S/C31H60O3/c1-4-6-8-10-12-14-16-18-20-22-24-26-28-34-31(33)29(3)30(32)27-25-23-21-19-17-15-13-11-9-7-5-2/h30,32H,3-28H2,1-2H3. The Balaban J connectivity index is 3.45. The fraction of sp³-hybridized carbons (Fsp3) is 0.903. The van der Waals surface area contributed by atoms with Gasteiger partial charge >= 0.3 is 5.97 Å². The van der Waals surface area contributed by atoms with Crippen molar-refractivity contribution in [3.8, 4) is 0 Å². The number of ether oxygens (including phenoxy) is 1. The molecule has 0 saturated carbocycles. The molecule has 3 nitrogen and oxygen atoms in total. The summed E-state index contributed by atoms with van der Waals surface area (Å²) in [5.41, 5.74) is 0.228. The number of carbonyl (C=O) groups excluding carboxylic acids is 1. The maximum Gasteiger partial charge on any atom is 0.336 e. The highest BCUT2D eigenvalue weighted by atomic mass is 16.5. The highest BCUT2D eigenvalue weighted by Gasteiger charge is 2.17. The lowest BCUT2D eigenvalue weighted by atomic mass is 10.0. The minimum Gasteiger partial charge on any atom is -0.462 e. The zero-order chi connectivity index (χ0) is 25.1. The Morgan fingerprint density at radius 1 is 0.588 bits per heavy atom. The van der Waals surface area contributed by atoms with Crippen LogP contribution in [0.3, 0.4) is 0 Å². The Hall–Kier alpha value is -0.830. The van der Waals surface area contributed by atoms with Crippen molar-refractivity contribution >= 4 is 5.97 Å². The van der Waals surface area contributed by atoms with Crippen LogP contribution in [-0.2, 0) is 9.53 Å². The zero-order valence-electron chi connectivity index (χ0n) is 23.2. The fourth-order valence-corrected chi connectivity index (χ4v) is 4.51. The van der Waals surface area contributed by atoms with E-state index in [2.05, 4.69) is 20.4 Å². The first-order valence-electron chi connectivity index (χ1n) is 15.2. The lowest BCUT2D eigenvalue weighted by Crippen LogP contribution is -2.19. The summed E-state index contributed by atoms with van der Waals surface area (Å²) in [5, 5.41) is 10.2. The van der Waals surface area contributed by atoms with Gasteiger partial charge in [-0.3, -0.25) is 0 Å². The molecule has 1 atom stereocenters. The second-order valence-electron chi connectivity index (χ2n) is 10.4. The van der Waals surface area contributed by atoms with Crippen molar-refractivity contribution in [1.29, 1.82) is 0 Å². The molecule has 0 saturated heterocycles. The lowest BCUT2D eigenvalue weighted by molar-refractivity contribution is -0.140. The van der Waals surface area contributed by atoms with Gasteiger partial charge in [0.05, 0.1) is 18.3 Å². The Bertz CT molecular complexity index is 446. The topological polar surface area (TPSA) is 46.5 Å². The molecule has 0 aromatic carbocycles. The van der Waals surface area contributed by atoms with Gasteiger partial charge in [-0.05, 0) is 12.8 Å². The molecule has 0 aromatic heterocycles. The van der Waals surface area contributed by atoms with Crippen molar-refractivity contribution in [2.45, 2.75) is 174 Å².